The normalized spacial score (nSPS) is 18.6. The summed E-state index contributed by atoms with van der Waals surface area (Å²) in [4.78, 5) is 19.2. The summed E-state index contributed by atoms with van der Waals surface area (Å²) in [5, 5.41) is 9.98. The number of alkyl halides is 3. The van der Waals surface area contributed by atoms with Gasteiger partial charge < -0.3 is 5.32 Å². The van der Waals surface area contributed by atoms with Crippen LogP contribution in [0.25, 0.3) is 5.82 Å². The molecule has 31 heavy (non-hydrogen) atoms. The third kappa shape index (κ3) is 4.01. The van der Waals surface area contributed by atoms with Crippen LogP contribution >= 0.6 is 15.9 Å². The van der Waals surface area contributed by atoms with Crippen LogP contribution in [-0.2, 0) is 6.18 Å². The summed E-state index contributed by atoms with van der Waals surface area (Å²) in [5.41, 5.74) is 0.589. The van der Waals surface area contributed by atoms with E-state index < -0.39 is 23.6 Å². The number of hydrogen-bond acceptors (Lipinski definition) is 4. The van der Waals surface area contributed by atoms with Crippen molar-refractivity contribution in [2.75, 3.05) is 16.8 Å². The Balaban J connectivity index is 1.67. The minimum atomic E-state index is -4.71. The molecule has 1 N–H and O–H groups in total. The number of nitrogens with zero attached hydrogens (tertiary/aromatic N) is 5. The molecule has 0 spiro atoms. The molecule has 2 amide bonds. The number of benzene rings is 1. The molecule has 2 aromatic heterocycles. The summed E-state index contributed by atoms with van der Waals surface area (Å²) in [6, 6.07) is 5.86. The maximum Gasteiger partial charge on any atom is 0.420 e. The Morgan fingerprint density at radius 2 is 1.94 bits per heavy atom. The topological polar surface area (TPSA) is 75.9 Å². The lowest BCUT2D eigenvalue weighted by Gasteiger charge is -2.37. The van der Waals surface area contributed by atoms with Crippen molar-refractivity contribution in [2.24, 2.45) is 5.92 Å². The number of halogens is 4. The van der Waals surface area contributed by atoms with E-state index in [0.29, 0.717) is 6.54 Å². The van der Waals surface area contributed by atoms with E-state index in [-0.39, 0.29) is 17.5 Å². The maximum absolute atomic E-state index is 13.6. The van der Waals surface area contributed by atoms with Crippen LogP contribution < -0.4 is 10.2 Å². The van der Waals surface area contributed by atoms with Gasteiger partial charge in [0.15, 0.2) is 5.82 Å². The number of hydrogen-bond donors (Lipinski definition) is 1. The van der Waals surface area contributed by atoms with Crippen molar-refractivity contribution >= 4 is 33.3 Å². The number of aromatic nitrogens is 4. The van der Waals surface area contributed by atoms with Crippen molar-refractivity contribution in [3.63, 3.8) is 0 Å². The molecule has 1 aliphatic heterocycles. The van der Waals surface area contributed by atoms with Gasteiger partial charge in [0.25, 0.3) is 0 Å². The smallest absolute Gasteiger partial charge is 0.306 e. The quantitative estimate of drug-likeness (QED) is 0.528. The van der Waals surface area contributed by atoms with Crippen molar-refractivity contribution in [1.29, 1.82) is 0 Å². The molecule has 3 heterocycles. The number of anilines is 2. The van der Waals surface area contributed by atoms with E-state index in [1.54, 1.807) is 4.90 Å². The molecule has 0 bridgehead atoms. The molecule has 0 unspecified atom stereocenters. The number of rotatable bonds is 2. The van der Waals surface area contributed by atoms with E-state index in [4.69, 9.17) is 0 Å². The molecule has 7 nitrogen and oxygen atoms in total. The molecule has 1 aromatic carbocycles. The number of urea groups is 1. The van der Waals surface area contributed by atoms with Gasteiger partial charge in [-0.15, -0.1) is 4.80 Å². The zero-order valence-corrected chi connectivity index (χ0v) is 18.1. The van der Waals surface area contributed by atoms with Gasteiger partial charge in [-0.25, -0.2) is 9.78 Å². The third-order valence-electron chi connectivity index (χ3n) is 5.38. The minimum Gasteiger partial charge on any atom is -0.306 e. The second-order valence-electron chi connectivity index (χ2n) is 7.39. The fourth-order valence-electron chi connectivity index (χ4n) is 3.64. The van der Waals surface area contributed by atoms with Gasteiger partial charge in [-0.3, -0.25) is 4.90 Å². The number of fused-ring (bicyclic) bond motifs is 1. The third-order valence-corrected chi connectivity index (χ3v) is 6.07. The Bertz CT molecular complexity index is 1120. The highest BCUT2D eigenvalue weighted by atomic mass is 79.9. The molecule has 4 rings (SSSR count). The lowest BCUT2D eigenvalue weighted by molar-refractivity contribution is -0.137. The zero-order valence-electron chi connectivity index (χ0n) is 16.6. The first-order valence-corrected chi connectivity index (χ1v) is 10.3. The van der Waals surface area contributed by atoms with Crippen molar-refractivity contribution < 1.29 is 18.0 Å². The molecular weight excluding hydrogens is 477 g/mol. The predicted octanol–water partition coefficient (Wildman–Crippen LogP) is 5.24. The fraction of sp³-hybridized carbons (Fsp3) is 0.300. The van der Waals surface area contributed by atoms with Crippen LogP contribution in [0.3, 0.4) is 0 Å². The highest BCUT2D eigenvalue weighted by Crippen LogP contribution is 2.42. The SMILES string of the molecule is C[C@@H]1c2c(Br)cccc2N(C(=O)Nc2cnc(-n3nccn3)c(C(F)(F)F)c2)C[C@@H]1C. The van der Waals surface area contributed by atoms with E-state index in [9.17, 15) is 18.0 Å². The lowest BCUT2D eigenvalue weighted by atomic mass is 9.84. The summed E-state index contributed by atoms with van der Waals surface area (Å²) >= 11 is 3.54. The lowest BCUT2D eigenvalue weighted by Crippen LogP contribution is -2.43. The monoisotopic (exact) mass is 494 g/mol. The van der Waals surface area contributed by atoms with E-state index in [1.807, 2.05) is 25.1 Å². The van der Waals surface area contributed by atoms with Gasteiger partial charge in [-0.2, -0.15) is 23.4 Å². The fourth-order valence-corrected chi connectivity index (χ4v) is 4.36. The molecule has 0 saturated carbocycles. The van der Waals surface area contributed by atoms with Crippen LogP contribution in [-0.4, -0.2) is 32.6 Å². The summed E-state index contributed by atoms with van der Waals surface area (Å²) in [5.74, 6) is -0.0896. The molecule has 11 heteroatoms. The van der Waals surface area contributed by atoms with Crippen molar-refractivity contribution in [3.8, 4) is 5.82 Å². The largest absolute Gasteiger partial charge is 0.420 e. The second kappa shape index (κ2) is 7.95. The summed E-state index contributed by atoms with van der Waals surface area (Å²) < 4.78 is 41.7. The molecule has 0 saturated heterocycles. The van der Waals surface area contributed by atoms with E-state index in [1.165, 1.54) is 12.4 Å². The molecular formula is C20H18BrF3N6O. The van der Waals surface area contributed by atoms with Crippen LogP contribution in [0.2, 0.25) is 0 Å². The Kier molecular flexibility index (Phi) is 5.46. The first-order valence-electron chi connectivity index (χ1n) is 9.47. The van der Waals surface area contributed by atoms with Crippen LogP contribution in [0.5, 0.6) is 0 Å². The highest BCUT2D eigenvalue weighted by molar-refractivity contribution is 9.10. The minimum absolute atomic E-state index is 0.0731. The Morgan fingerprint density at radius 1 is 1.23 bits per heavy atom. The molecule has 0 radical (unpaired) electrons. The van der Waals surface area contributed by atoms with Crippen LogP contribution in [0, 0.1) is 5.92 Å². The predicted molar refractivity (Wildman–Crippen MR) is 112 cm³/mol. The zero-order chi connectivity index (χ0) is 22.3. The van der Waals surface area contributed by atoms with Crippen molar-refractivity contribution in [2.45, 2.75) is 25.9 Å². The van der Waals surface area contributed by atoms with Gasteiger partial charge >= 0.3 is 12.2 Å². The summed E-state index contributed by atoms with van der Waals surface area (Å²) in [6.45, 7) is 4.55. The standard InChI is InChI=1S/C20H18BrF3N6O/c1-11-10-29(16-5-3-4-15(21)17(16)12(11)2)19(31)28-13-8-14(20(22,23)24)18(25-9-13)30-26-6-7-27-30/h3-9,11-12H,10H2,1-2H3,(H,28,31)/t11-,12-/m0/s1. The second-order valence-corrected chi connectivity index (χ2v) is 8.25. The van der Waals surface area contributed by atoms with Gasteiger partial charge in [0.05, 0.1) is 30.0 Å². The van der Waals surface area contributed by atoms with Crippen LogP contribution in [0.15, 0.2) is 47.3 Å². The van der Waals surface area contributed by atoms with Crippen LogP contribution in [0.1, 0.15) is 30.9 Å². The maximum atomic E-state index is 13.6. The first-order chi connectivity index (χ1) is 14.7. The van der Waals surface area contributed by atoms with Gasteiger partial charge in [0.1, 0.15) is 5.56 Å². The van der Waals surface area contributed by atoms with Gasteiger partial charge in [-0.1, -0.05) is 35.8 Å². The van der Waals surface area contributed by atoms with Gasteiger partial charge in [0.2, 0.25) is 0 Å². The Morgan fingerprint density at radius 3 is 2.61 bits per heavy atom. The molecule has 0 fully saturated rings. The average molecular weight is 495 g/mol. The Hall–Kier alpha value is -2.95. The number of amides is 2. The van der Waals surface area contributed by atoms with E-state index in [0.717, 1.165) is 32.8 Å². The number of pyridine rings is 1. The molecule has 0 aliphatic carbocycles. The molecule has 162 valence electrons. The van der Waals surface area contributed by atoms with Gasteiger partial charge in [-0.05, 0) is 35.6 Å². The Labute approximate surface area is 184 Å². The summed E-state index contributed by atoms with van der Waals surface area (Å²) in [7, 11) is 0. The number of nitrogens with one attached hydrogen (secondary N) is 1. The van der Waals surface area contributed by atoms with Crippen molar-refractivity contribution in [3.05, 3.63) is 58.5 Å². The van der Waals surface area contributed by atoms with Crippen LogP contribution in [0.4, 0.5) is 29.3 Å². The molecule has 3 aromatic rings. The van der Waals surface area contributed by atoms with E-state index >= 15 is 0 Å². The van der Waals surface area contributed by atoms with E-state index in [2.05, 4.69) is 43.4 Å². The highest BCUT2D eigenvalue weighted by Gasteiger charge is 2.37. The molecule has 2 atom stereocenters. The summed E-state index contributed by atoms with van der Waals surface area (Å²) in [6.07, 6.45) is -1.04. The first kappa shape index (κ1) is 21.3. The van der Waals surface area contributed by atoms with Gasteiger partial charge in [0, 0.05) is 11.0 Å². The molecule has 1 aliphatic rings. The number of carbonyl (C=O) groups excluding carboxylic acids is 1. The average Bonchev–Trinajstić information content (AvgIpc) is 3.24. The number of carbonyl (C=O) groups is 1. The van der Waals surface area contributed by atoms with Crippen molar-refractivity contribution in [1.82, 2.24) is 20.0 Å².